The van der Waals surface area contributed by atoms with Crippen LogP contribution in [0.3, 0.4) is 0 Å². The van der Waals surface area contributed by atoms with E-state index >= 15 is 0 Å². The Morgan fingerprint density at radius 1 is 0.857 bits per heavy atom. The lowest BCUT2D eigenvalue weighted by Gasteiger charge is -2.34. The molecule has 166 valence electrons. The molecule has 0 radical (unpaired) electrons. The lowest BCUT2D eigenvalue weighted by Crippen LogP contribution is -2.46. The van der Waals surface area contributed by atoms with Gasteiger partial charge < -0.3 is 14.5 Å². The zero-order valence-electron chi connectivity index (χ0n) is 20.3. The molecule has 4 nitrogen and oxygen atoms in total. The zero-order chi connectivity index (χ0) is 21.6. The Morgan fingerprint density at radius 2 is 1.50 bits per heavy atom. The second-order valence-electron chi connectivity index (χ2n) is 6.02. The number of nitrogens with zero attached hydrogens (tertiary/aromatic N) is 3. The molecule has 0 saturated carbocycles. The molecule has 0 unspecified atom stereocenters. The van der Waals surface area contributed by atoms with Crippen LogP contribution >= 0.6 is 0 Å². The van der Waals surface area contributed by atoms with Crippen molar-refractivity contribution < 1.29 is 4.74 Å². The van der Waals surface area contributed by atoms with Crippen LogP contribution in [0.4, 0.5) is 5.82 Å². The Balaban J connectivity index is 0. The Morgan fingerprint density at radius 3 is 2.00 bits per heavy atom. The van der Waals surface area contributed by atoms with Crippen molar-refractivity contribution in [2.45, 2.75) is 81.1 Å². The van der Waals surface area contributed by atoms with E-state index in [0.29, 0.717) is 0 Å². The third kappa shape index (κ3) is 13.1. The maximum absolute atomic E-state index is 5.67. The monoisotopic (exact) mass is 395 g/mol. The molecule has 2 heterocycles. The first-order valence-corrected chi connectivity index (χ1v) is 11.8. The molecule has 0 atom stereocenters. The van der Waals surface area contributed by atoms with Gasteiger partial charge in [0, 0.05) is 39.0 Å². The molecular weight excluding hydrogens is 346 g/mol. The van der Waals surface area contributed by atoms with Gasteiger partial charge >= 0.3 is 0 Å². The van der Waals surface area contributed by atoms with Crippen LogP contribution in [-0.2, 0) is 11.2 Å². The first-order valence-electron chi connectivity index (χ1n) is 11.8. The topological polar surface area (TPSA) is 28.6 Å². The molecular formula is C24H49N3O. The average molecular weight is 396 g/mol. The van der Waals surface area contributed by atoms with Gasteiger partial charge in [0.2, 0.25) is 0 Å². The molecule has 0 spiro atoms. The number of hydrogen-bond acceptors (Lipinski definition) is 4. The lowest BCUT2D eigenvalue weighted by molar-refractivity contribution is 0.133. The molecule has 4 heteroatoms. The predicted octanol–water partition coefficient (Wildman–Crippen LogP) is 6.05. The smallest absolute Gasteiger partial charge is 0.128 e. The Labute approximate surface area is 176 Å². The number of likely N-dealkylation sites (N-methyl/N-ethyl adjacent to an activating group) is 1. The highest BCUT2D eigenvalue weighted by atomic mass is 16.5. The van der Waals surface area contributed by atoms with Gasteiger partial charge in [-0.3, -0.25) is 0 Å². The summed E-state index contributed by atoms with van der Waals surface area (Å²) in [6.45, 7) is 23.8. The fraction of sp³-hybridized carbons (Fsp3) is 0.792. The number of unbranched alkanes of at least 4 members (excludes halogenated alkanes) is 2. The number of aromatic nitrogens is 1. The second kappa shape index (κ2) is 22.2. The summed E-state index contributed by atoms with van der Waals surface area (Å²) in [5, 5.41) is 0. The van der Waals surface area contributed by atoms with E-state index in [1.807, 2.05) is 47.7 Å². The second-order valence-corrected chi connectivity index (χ2v) is 6.02. The van der Waals surface area contributed by atoms with Crippen molar-refractivity contribution in [3.8, 4) is 0 Å². The van der Waals surface area contributed by atoms with Crippen LogP contribution in [0.15, 0.2) is 18.3 Å². The molecule has 0 aromatic carbocycles. The average Bonchev–Trinajstić information content (AvgIpc) is 2.81. The van der Waals surface area contributed by atoms with Crippen LogP contribution in [0.5, 0.6) is 0 Å². The van der Waals surface area contributed by atoms with E-state index in [2.05, 4.69) is 40.8 Å². The molecule has 1 fully saturated rings. The normalized spacial score (nSPS) is 13.4. The van der Waals surface area contributed by atoms with E-state index in [1.165, 1.54) is 24.8 Å². The van der Waals surface area contributed by atoms with Crippen molar-refractivity contribution in [1.29, 1.82) is 0 Å². The van der Waals surface area contributed by atoms with Gasteiger partial charge in [-0.1, -0.05) is 74.3 Å². The number of piperazine rings is 1. The van der Waals surface area contributed by atoms with Crippen molar-refractivity contribution in [2.75, 3.05) is 50.8 Å². The van der Waals surface area contributed by atoms with Gasteiger partial charge in [-0.15, -0.1) is 0 Å². The summed E-state index contributed by atoms with van der Waals surface area (Å²) in [7, 11) is 0. The van der Waals surface area contributed by atoms with Crippen molar-refractivity contribution in [3.63, 3.8) is 0 Å². The predicted molar refractivity (Wildman–Crippen MR) is 127 cm³/mol. The first kappa shape index (κ1) is 29.1. The molecule has 0 aliphatic carbocycles. The van der Waals surface area contributed by atoms with Gasteiger partial charge in [0.25, 0.3) is 0 Å². The molecule has 1 aromatic rings. The number of hydrogen-bond donors (Lipinski definition) is 0. The van der Waals surface area contributed by atoms with Gasteiger partial charge in [0.1, 0.15) is 5.82 Å². The van der Waals surface area contributed by atoms with Crippen LogP contribution in [0, 0.1) is 0 Å². The minimum absolute atomic E-state index is 0.805. The molecule has 2 rings (SSSR count). The fourth-order valence-corrected chi connectivity index (χ4v) is 2.79. The van der Waals surface area contributed by atoms with Crippen LogP contribution in [0.25, 0.3) is 0 Å². The highest BCUT2D eigenvalue weighted by molar-refractivity contribution is 5.39. The first-order chi connectivity index (χ1) is 13.8. The number of rotatable bonds is 9. The molecule has 0 bridgehead atoms. The molecule has 1 saturated heterocycles. The largest absolute Gasteiger partial charge is 0.381 e. The molecule has 0 N–H and O–H groups in total. The van der Waals surface area contributed by atoms with Crippen LogP contribution in [0.1, 0.15) is 80.2 Å². The fourth-order valence-electron chi connectivity index (χ4n) is 2.79. The minimum atomic E-state index is 0.805. The van der Waals surface area contributed by atoms with E-state index in [0.717, 1.165) is 58.2 Å². The molecule has 28 heavy (non-hydrogen) atoms. The quantitative estimate of drug-likeness (QED) is 0.476. The van der Waals surface area contributed by atoms with Gasteiger partial charge in [-0.2, -0.15) is 0 Å². The summed E-state index contributed by atoms with van der Waals surface area (Å²) in [5.74, 6) is 1.11. The summed E-state index contributed by atoms with van der Waals surface area (Å²) in [4.78, 5) is 9.51. The number of ether oxygens (including phenoxy) is 1. The third-order valence-corrected chi connectivity index (χ3v) is 4.38. The van der Waals surface area contributed by atoms with E-state index in [9.17, 15) is 0 Å². The Hall–Kier alpha value is -1.13. The van der Waals surface area contributed by atoms with Crippen molar-refractivity contribution in [1.82, 2.24) is 9.88 Å². The minimum Gasteiger partial charge on any atom is -0.381 e. The van der Waals surface area contributed by atoms with Crippen molar-refractivity contribution in [3.05, 3.63) is 23.9 Å². The van der Waals surface area contributed by atoms with E-state index in [4.69, 9.17) is 4.74 Å². The molecule has 1 aromatic heterocycles. The van der Waals surface area contributed by atoms with E-state index < -0.39 is 0 Å². The summed E-state index contributed by atoms with van der Waals surface area (Å²) in [6, 6.07) is 4.36. The highest BCUT2D eigenvalue weighted by Gasteiger charge is 2.16. The standard InChI is InChI=1S/C18H31N3O.3C2H6/c1-3-5-6-14-22-15-9-17-7-8-18(19-16-17)21-12-10-20(4-2)11-13-21;3*1-2/h7-8,16H,3-6,9-15H2,1-2H3;3*1-2H3. The SMILES string of the molecule is CC.CC.CC.CCCCCOCCc1ccc(N2CCN(CC)CC2)nc1. The summed E-state index contributed by atoms with van der Waals surface area (Å²) in [6.07, 6.45) is 6.67. The van der Waals surface area contributed by atoms with Crippen LogP contribution < -0.4 is 4.90 Å². The number of anilines is 1. The maximum atomic E-state index is 5.67. The van der Waals surface area contributed by atoms with Crippen molar-refractivity contribution >= 4 is 5.82 Å². The molecule has 1 aliphatic rings. The van der Waals surface area contributed by atoms with Gasteiger partial charge in [-0.05, 0) is 31.0 Å². The summed E-state index contributed by atoms with van der Waals surface area (Å²) >= 11 is 0. The molecule has 0 amide bonds. The summed E-state index contributed by atoms with van der Waals surface area (Å²) < 4.78 is 5.67. The van der Waals surface area contributed by atoms with E-state index in [1.54, 1.807) is 0 Å². The van der Waals surface area contributed by atoms with Gasteiger partial charge in [0.05, 0.1) is 6.61 Å². The van der Waals surface area contributed by atoms with Gasteiger partial charge in [-0.25, -0.2) is 4.98 Å². The zero-order valence-corrected chi connectivity index (χ0v) is 20.3. The van der Waals surface area contributed by atoms with Crippen LogP contribution in [-0.4, -0.2) is 55.8 Å². The maximum Gasteiger partial charge on any atom is 0.128 e. The highest BCUT2D eigenvalue weighted by Crippen LogP contribution is 2.14. The van der Waals surface area contributed by atoms with Crippen LogP contribution in [0.2, 0.25) is 0 Å². The summed E-state index contributed by atoms with van der Waals surface area (Å²) in [5.41, 5.74) is 1.27. The van der Waals surface area contributed by atoms with Crippen molar-refractivity contribution in [2.24, 2.45) is 0 Å². The Kier molecular flexibility index (Phi) is 23.0. The lowest BCUT2D eigenvalue weighted by atomic mass is 10.2. The number of pyridine rings is 1. The van der Waals surface area contributed by atoms with Gasteiger partial charge in [0.15, 0.2) is 0 Å². The Bertz CT molecular complexity index is 401. The molecule has 1 aliphatic heterocycles. The van der Waals surface area contributed by atoms with E-state index in [-0.39, 0.29) is 0 Å². The third-order valence-electron chi connectivity index (χ3n) is 4.38.